The number of benzene rings is 7. The van der Waals surface area contributed by atoms with Gasteiger partial charge in [0.2, 0.25) is 6.71 Å². The van der Waals surface area contributed by atoms with Crippen molar-refractivity contribution >= 4 is 88.5 Å². The molecule has 0 N–H and O–H groups in total. The number of hydrogen-bond donors (Lipinski definition) is 0. The summed E-state index contributed by atoms with van der Waals surface area (Å²) in [5, 5.41) is 19.7. The van der Waals surface area contributed by atoms with E-state index in [1.165, 1.54) is 37.9 Å². The normalized spacial score (nSPS) is 13.0. The molecule has 2 aliphatic heterocycles. The minimum absolute atomic E-state index is 0.0383. The quantitative estimate of drug-likeness (QED) is 0.182. The van der Waals surface area contributed by atoms with Gasteiger partial charge in [0.05, 0.1) is 11.6 Å². The van der Waals surface area contributed by atoms with Crippen molar-refractivity contribution in [2.75, 3.05) is 0 Å². The molecule has 0 radical (unpaired) electrons. The van der Waals surface area contributed by atoms with Gasteiger partial charge in [-0.3, -0.25) is 0 Å². The Kier molecular flexibility index (Phi) is 3.74. The van der Waals surface area contributed by atoms with E-state index in [1.54, 1.807) is 0 Å². The first-order chi connectivity index (χ1) is 21.3. The second-order valence-electron chi connectivity index (χ2n) is 11.9. The summed E-state index contributed by atoms with van der Waals surface area (Å²) in [5.74, 6) is 0. The van der Waals surface area contributed by atoms with Gasteiger partial charge in [-0.25, -0.2) is 0 Å². The molecule has 3 nitrogen and oxygen atoms in total. The van der Waals surface area contributed by atoms with Gasteiger partial charge in [-0.2, -0.15) is 5.26 Å². The van der Waals surface area contributed by atoms with Crippen molar-refractivity contribution in [1.29, 1.82) is 5.26 Å². The third-order valence-electron chi connectivity index (χ3n) is 9.87. The van der Waals surface area contributed by atoms with Gasteiger partial charge in [0, 0.05) is 21.5 Å². The highest BCUT2D eigenvalue weighted by molar-refractivity contribution is 7.01. The highest BCUT2D eigenvalue weighted by Crippen LogP contribution is 2.45. The van der Waals surface area contributed by atoms with E-state index in [9.17, 15) is 5.26 Å². The molecule has 0 spiro atoms. The smallest absolute Gasteiger partial charge is 0.244 e. The lowest BCUT2D eigenvalue weighted by molar-refractivity contribution is 0.669. The first kappa shape index (κ1) is 21.9. The molecular formula is C39H18BNO2. The number of nitrogens with zero attached hydrogens (tertiary/aromatic N) is 1. The lowest BCUT2D eigenvalue weighted by Crippen LogP contribution is -2.57. The van der Waals surface area contributed by atoms with E-state index in [2.05, 4.69) is 91.0 Å². The monoisotopic (exact) mass is 543 g/mol. The molecule has 0 fully saturated rings. The Morgan fingerprint density at radius 1 is 0.465 bits per heavy atom. The summed E-state index contributed by atoms with van der Waals surface area (Å²) < 4.78 is 12.9. The first-order valence-corrected chi connectivity index (χ1v) is 14.6. The Bertz CT molecular complexity index is 2630. The molecule has 0 atom stereocenters. The first-order valence-electron chi connectivity index (χ1n) is 14.6. The van der Waals surface area contributed by atoms with Gasteiger partial charge in [0.25, 0.3) is 0 Å². The molecule has 0 aliphatic carbocycles. The largest absolute Gasteiger partial charge is 0.456 e. The zero-order valence-electron chi connectivity index (χ0n) is 22.7. The molecule has 0 bridgehead atoms. The van der Waals surface area contributed by atoms with Crippen LogP contribution in [0, 0.1) is 11.3 Å². The minimum atomic E-state index is 0.0383. The van der Waals surface area contributed by atoms with Crippen molar-refractivity contribution in [3.05, 3.63) is 115 Å². The topological polar surface area (TPSA) is 50.1 Å². The number of hydrogen-bond acceptors (Lipinski definition) is 3. The second-order valence-corrected chi connectivity index (χ2v) is 11.9. The fraction of sp³-hybridized carbons (Fsp3) is 0. The van der Waals surface area contributed by atoms with E-state index < -0.39 is 0 Å². The van der Waals surface area contributed by atoms with Crippen LogP contribution in [0.3, 0.4) is 0 Å². The van der Waals surface area contributed by atoms with E-state index >= 15 is 0 Å². The van der Waals surface area contributed by atoms with E-state index in [-0.39, 0.29) is 6.71 Å². The molecule has 9 aromatic rings. The molecule has 43 heavy (non-hydrogen) atoms. The molecule has 0 saturated carbocycles. The average molecular weight is 543 g/mol. The molecule has 2 aromatic heterocycles. The number of fused-ring (bicyclic) bond motifs is 12. The van der Waals surface area contributed by atoms with E-state index in [1.807, 2.05) is 24.3 Å². The summed E-state index contributed by atoms with van der Waals surface area (Å²) in [5.41, 5.74) is 12.5. The van der Waals surface area contributed by atoms with E-state index in [4.69, 9.17) is 8.83 Å². The van der Waals surface area contributed by atoms with Gasteiger partial charge < -0.3 is 8.83 Å². The van der Waals surface area contributed by atoms with Crippen LogP contribution in [0.15, 0.2) is 118 Å². The van der Waals surface area contributed by atoms with Crippen LogP contribution >= 0.6 is 0 Å². The SMILES string of the molecule is N#Cc1cc2c3c(c1)-c1cc4oc5ccccc5c4c4cccc(c14)B3c1cccc3c1c-2cc1oc2ccccc2c13. The fourth-order valence-electron chi connectivity index (χ4n) is 8.31. The van der Waals surface area contributed by atoms with Crippen molar-refractivity contribution < 1.29 is 8.83 Å². The predicted molar refractivity (Wildman–Crippen MR) is 176 cm³/mol. The zero-order valence-corrected chi connectivity index (χ0v) is 22.7. The zero-order chi connectivity index (χ0) is 28.0. The average Bonchev–Trinajstić information content (AvgIpc) is 3.62. The van der Waals surface area contributed by atoms with Crippen LogP contribution in [-0.2, 0) is 0 Å². The van der Waals surface area contributed by atoms with Crippen molar-refractivity contribution in [2.45, 2.75) is 0 Å². The summed E-state index contributed by atoms with van der Waals surface area (Å²) in [7, 11) is 0. The third kappa shape index (κ3) is 2.50. The molecular weight excluding hydrogens is 525 g/mol. The lowest BCUT2D eigenvalue weighted by atomic mass is 9.31. The maximum Gasteiger partial charge on any atom is 0.244 e. The summed E-state index contributed by atoms with van der Waals surface area (Å²) >= 11 is 0. The summed E-state index contributed by atoms with van der Waals surface area (Å²) in [6.45, 7) is 0.0383. The second kappa shape index (κ2) is 7.34. The van der Waals surface area contributed by atoms with Crippen LogP contribution in [0.1, 0.15) is 5.56 Å². The summed E-state index contributed by atoms with van der Waals surface area (Å²) in [6, 6.07) is 41.0. The third-order valence-corrected chi connectivity index (χ3v) is 9.87. The van der Waals surface area contributed by atoms with Crippen molar-refractivity contribution in [1.82, 2.24) is 0 Å². The molecule has 7 aromatic carbocycles. The highest BCUT2D eigenvalue weighted by Gasteiger charge is 2.39. The molecule has 194 valence electrons. The van der Waals surface area contributed by atoms with Gasteiger partial charge >= 0.3 is 0 Å². The standard InChI is InChI=1S/C39H18BNO2/c41-19-20-15-27-25-17-33-37(21-7-1-3-13-31(21)42-33)23-9-5-11-29(35(23)25)40-30-12-6-10-24-36(30)26(28(16-20)39(27)40)18-34-38(24)22-8-2-4-14-32(22)43-34/h1-18H. The van der Waals surface area contributed by atoms with Crippen molar-refractivity contribution in [2.24, 2.45) is 0 Å². The molecule has 4 heteroatoms. The predicted octanol–water partition coefficient (Wildman–Crippen LogP) is 8.14. The number of nitriles is 1. The number of rotatable bonds is 0. The molecule has 0 unspecified atom stereocenters. The van der Waals surface area contributed by atoms with Crippen LogP contribution in [0.25, 0.3) is 87.7 Å². The molecule has 0 amide bonds. The van der Waals surface area contributed by atoms with Crippen LogP contribution in [-0.4, -0.2) is 6.71 Å². The lowest BCUT2D eigenvalue weighted by Gasteiger charge is -2.34. The van der Waals surface area contributed by atoms with Crippen molar-refractivity contribution in [3.63, 3.8) is 0 Å². The molecule has 11 rings (SSSR count). The van der Waals surface area contributed by atoms with Crippen LogP contribution in [0.2, 0.25) is 0 Å². The van der Waals surface area contributed by atoms with Gasteiger partial charge in [-0.15, -0.1) is 0 Å². The maximum atomic E-state index is 10.3. The molecule has 4 heterocycles. The Balaban J connectivity index is 1.38. The molecule has 0 saturated heterocycles. The maximum absolute atomic E-state index is 10.3. The Morgan fingerprint density at radius 2 is 0.953 bits per heavy atom. The Hall–Kier alpha value is -5.79. The van der Waals surface area contributed by atoms with Crippen LogP contribution in [0.5, 0.6) is 0 Å². The van der Waals surface area contributed by atoms with Crippen LogP contribution in [0.4, 0.5) is 0 Å². The van der Waals surface area contributed by atoms with E-state index in [0.29, 0.717) is 5.56 Å². The minimum Gasteiger partial charge on any atom is -0.456 e. The van der Waals surface area contributed by atoms with Gasteiger partial charge in [0.15, 0.2) is 0 Å². The molecule has 2 aliphatic rings. The fourth-order valence-corrected chi connectivity index (χ4v) is 8.31. The van der Waals surface area contributed by atoms with Crippen molar-refractivity contribution in [3.8, 4) is 28.3 Å². The summed E-state index contributed by atoms with van der Waals surface area (Å²) in [4.78, 5) is 0. The van der Waals surface area contributed by atoms with Gasteiger partial charge in [-0.05, 0) is 80.2 Å². The van der Waals surface area contributed by atoms with Gasteiger partial charge in [-0.1, -0.05) is 89.2 Å². The van der Waals surface area contributed by atoms with Gasteiger partial charge in [0.1, 0.15) is 22.3 Å². The Labute approximate surface area is 245 Å². The summed E-state index contributed by atoms with van der Waals surface area (Å²) in [6.07, 6.45) is 0. The highest BCUT2D eigenvalue weighted by atomic mass is 16.3. The van der Waals surface area contributed by atoms with E-state index in [0.717, 1.165) is 66.1 Å². The Morgan fingerprint density at radius 3 is 1.47 bits per heavy atom. The van der Waals surface area contributed by atoms with Crippen LogP contribution < -0.4 is 16.4 Å². The number of furan rings is 2. The number of para-hydroxylation sites is 2.